The number of para-hydroxylation sites is 2. The fourth-order valence-corrected chi connectivity index (χ4v) is 9.27. The molecule has 0 unspecified atom stereocenters. The van der Waals surface area contributed by atoms with Crippen LogP contribution in [0.1, 0.15) is 0 Å². The predicted molar refractivity (Wildman–Crippen MR) is 244 cm³/mol. The first-order valence-corrected chi connectivity index (χ1v) is 20.2. The summed E-state index contributed by atoms with van der Waals surface area (Å²) in [4.78, 5) is 17.6. The second kappa shape index (κ2) is 14.2. The van der Waals surface area contributed by atoms with Gasteiger partial charge in [-0.1, -0.05) is 146 Å². The third kappa shape index (κ3) is 6.06. The number of anilines is 3. The number of fused-ring (bicyclic) bond motifs is 6. The first kappa shape index (κ1) is 33.8. The molecule has 11 rings (SSSR count). The lowest BCUT2D eigenvalue weighted by Crippen LogP contribution is -2.09. The molecule has 0 radical (unpaired) electrons. The van der Waals surface area contributed by atoms with E-state index in [0.717, 1.165) is 55.7 Å². The monoisotopic (exact) mass is 758 g/mol. The summed E-state index contributed by atoms with van der Waals surface area (Å²) in [5.74, 6) is 1.93. The Hall–Kier alpha value is -7.47. The van der Waals surface area contributed by atoms with E-state index < -0.39 is 0 Å². The molecule has 0 N–H and O–H groups in total. The molecule has 58 heavy (non-hydrogen) atoms. The van der Waals surface area contributed by atoms with Crippen molar-refractivity contribution in [2.24, 2.45) is 0 Å². The van der Waals surface area contributed by atoms with Gasteiger partial charge in [0, 0.05) is 59.3 Å². The Morgan fingerprint density at radius 1 is 0.328 bits per heavy atom. The van der Waals surface area contributed by atoms with Gasteiger partial charge in [0.1, 0.15) is 0 Å². The van der Waals surface area contributed by atoms with Crippen molar-refractivity contribution in [2.45, 2.75) is 0 Å². The van der Waals surface area contributed by atoms with Gasteiger partial charge in [-0.2, -0.15) is 0 Å². The molecule has 2 aromatic heterocycles. The van der Waals surface area contributed by atoms with Crippen molar-refractivity contribution < 1.29 is 0 Å². The van der Waals surface area contributed by atoms with Gasteiger partial charge in [0.2, 0.25) is 0 Å². The zero-order valence-corrected chi connectivity index (χ0v) is 32.1. The third-order valence-electron chi connectivity index (χ3n) is 10.9. The van der Waals surface area contributed by atoms with E-state index in [9.17, 15) is 0 Å². The molecule has 0 aliphatic carbocycles. The molecule has 4 nitrogen and oxygen atoms in total. The molecule has 11 aromatic rings. The highest BCUT2D eigenvalue weighted by Gasteiger charge is 2.18. The number of nitrogens with zero attached hydrogens (tertiary/aromatic N) is 4. The molecule has 0 saturated carbocycles. The summed E-state index contributed by atoms with van der Waals surface area (Å²) in [6, 6.07) is 72.8. The molecular formula is C53H34N4S. The lowest BCUT2D eigenvalue weighted by Gasteiger charge is -2.25. The van der Waals surface area contributed by atoms with E-state index in [-0.39, 0.29) is 0 Å². The lowest BCUT2D eigenvalue weighted by atomic mass is 9.94. The van der Waals surface area contributed by atoms with Gasteiger partial charge in [0.15, 0.2) is 17.5 Å². The molecular weight excluding hydrogens is 725 g/mol. The molecule has 2 heterocycles. The van der Waals surface area contributed by atoms with Crippen molar-refractivity contribution in [3.8, 4) is 45.3 Å². The van der Waals surface area contributed by atoms with Crippen LogP contribution in [0.2, 0.25) is 0 Å². The summed E-state index contributed by atoms with van der Waals surface area (Å²) < 4.78 is 2.56. The zero-order valence-electron chi connectivity index (χ0n) is 31.3. The van der Waals surface area contributed by atoms with Crippen molar-refractivity contribution >= 4 is 70.1 Å². The number of aromatic nitrogens is 3. The van der Waals surface area contributed by atoms with Gasteiger partial charge in [-0.15, -0.1) is 11.3 Å². The molecule has 0 saturated heterocycles. The van der Waals surface area contributed by atoms with Crippen LogP contribution in [0.15, 0.2) is 206 Å². The predicted octanol–water partition coefficient (Wildman–Crippen LogP) is 14.7. The quantitative estimate of drug-likeness (QED) is 0.162. The minimum absolute atomic E-state index is 0.637. The van der Waals surface area contributed by atoms with Crippen LogP contribution in [0.5, 0.6) is 0 Å². The Morgan fingerprint density at radius 3 is 1.57 bits per heavy atom. The number of rotatable bonds is 7. The van der Waals surface area contributed by atoms with Crippen molar-refractivity contribution in [1.82, 2.24) is 15.0 Å². The van der Waals surface area contributed by atoms with Gasteiger partial charge in [-0.25, -0.2) is 15.0 Å². The van der Waals surface area contributed by atoms with E-state index in [1.165, 1.54) is 30.9 Å². The van der Waals surface area contributed by atoms with Crippen LogP contribution in [0.3, 0.4) is 0 Å². The van der Waals surface area contributed by atoms with Gasteiger partial charge < -0.3 is 4.90 Å². The highest BCUT2D eigenvalue weighted by molar-refractivity contribution is 7.26. The first-order valence-electron chi connectivity index (χ1n) is 19.4. The average molecular weight is 759 g/mol. The van der Waals surface area contributed by atoms with Gasteiger partial charge in [0.25, 0.3) is 0 Å². The Bertz CT molecular complexity index is 3230. The summed E-state index contributed by atoms with van der Waals surface area (Å²) in [6.45, 7) is 0. The van der Waals surface area contributed by atoms with Crippen LogP contribution in [0.4, 0.5) is 17.1 Å². The molecule has 0 amide bonds. The largest absolute Gasteiger partial charge is 0.311 e. The van der Waals surface area contributed by atoms with Gasteiger partial charge in [-0.3, -0.25) is 0 Å². The second-order valence-corrected chi connectivity index (χ2v) is 15.5. The first-order chi connectivity index (χ1) is 28.7. The lowest BCUT2D eigenvalue weighted by molar-refractivity contribution is 1.08. The maximum atomic E-state index is 5.18. The van der Waals surface area contributed by atoms with Crippen molar-refractivity contribution in [1.29, 1.82) is 0 Å². The van der Waals surface area contributed by atoms with Gasteiger partial charge >= 0.3 is 0 Å². The van der Waals surface area contributed by atoms with Crippen LogP contribution in [0.25, 0.3) is 87.0 Å². The number of thiophene rings is 1. The molecule has 272 valence electrons. The van der Waals surface area contributed by atoms with E-state index in [1.807, 2.05) is 29.5 Å². The van der Waals surface area contributed by atoms with Crippen LogP contribution in [-0.2, 0) is 0 Å². The zero-order chi connectivity index (χ0) is 38.4. The van der Waals surface area contributed by atoms with Crippen molar-refractivity contribution in [3.05, 3.63) is 206 Å². The molecule has 0 spiro atoms. The highest BCUT2D eigenvalue weighted by atomic mass is 32.1. The molecule has 0 aliphatic heterocycles. The average Bonchev–Trinajstić information content (AvgIpc) is 3.68. The standard InChI is InChI=1S/C53H34N4S/c1-4-15-37(16-5-1)51-54-52(39-25-24-35-14-10-11-17-38(35)32-39)56-53(55-51)40-28-31-45-47(33-40)46(34-48-44-22-12-13-23-49(44)58-50(45)48)36-26-29-43(30-27-36)57(41-18-6-2-7-19-41)42-20-8-3-9-21-42/h1-34H. The number of hydrogen-bond acceptors (Lipinski definition) is 5. The van der Waals surface area contributed by atoms with Crippen molar-refractivity contribution in [2.75, 3.05) is 4.90 Å². The Kier molecular flexibility index (Phi) is 8.30. The molecule has 0 aliphatic rings. The van der Waals surface area contributed by atoms with E-state index in [0.29, 0.717) is 17.5 Å². The summed E-state index contributed by atoms with van der Waals surface area (Å²) in [7, 11) is 0. The summed E-state index contributed by atoms with van der Waals surface area (Å²) in [6.07, 6.45) is 0. The maximum Gasteiger partial charge on any atom is 0.164 e. The van der Waals surface area contributed by atoms with Gasteiger partial charge in [-0.05, 0) is 87.9 Å². The van der Waals surface area contributed by atoms with Gasteiger partial charge in [0.05, 0.1) is 0 Å². The molecule has 0 atom stereocenters. The maximum absolute atomic E-state index is 5.18. The van der Waals surface area contributed by atoms with Crippen LogP contribution < -0.4 is 4.90 Å². The molecule has 0 bridgehead atoms. The van der Waals surface area contributed by atoms with E-state index in [1.54, 1.807) is 0 Å². The Labute approximate surface area is 340 Å². The highest BCUT2D eigenvalue weighted by Crippen LogP contribution is 2.44. The fraction of sp³-hybridized carbons (Fsp3) is 0. The number of benzene rings is 9. The molecule has 0 fully saturated rings. The van der Waals surface area contributed by atoms with Crippen LogP contribution >= 0.6 is 11.3 Å². The third-order valence-corrected chi connectivity index (χ3v) is 12.1. The van der Waals surface area contributed by atoms with E-state index in [2.05, 4.69) is 193 Å². The minimum Gasteiger partial charge on any atom is -0.311 e. The Morgan fingerprint density at radius 2 is 0.862 bits per heavy atom. The normalized spacial score (nSPS) is 11.4. The minimum atomic E-state index is 0.637. The summed E-state index contributed by atoms with van der Waals surface area (Å²) in [5.41, 5.74) is 8.45. The Balaban J connectivity index is 1.10. The van der Waals surface area contributed by atoms with E-state index >= 15 is 0 Å². The summed E-state index contributed by atoms with van der Waals surface area (Å²) in [5, 5.41) is 7.23. The fourth-order valence-electron chi connectivity index (χ4n) is 8.04. The van der Waals surface area contributed by atoms with E-state index in [4.69, 9.17) is 15.0 Å². The molecule has 5 heteroatoms. The van der Waals surface area contributed by atoms with Crippen LogP contribution in [0, 0.1) is 0 Å². The smallest absolute Gasteiger partial charge is 0.164 e. The number of hydrogen-bond donors (Lipinski definition) is 0. The topological polar surface area (TPSA) is 41.9 Å². The van der Waals surface area contributed by atoms with Crippen LogP contribution in [-0.4, -0.2) is 15.0 Å². The molecule has 9 aromatic carbocycles. The second-order valence-electron chi connectivity index (χ2n) is 14.4. The summed E-state index contributed by atoms with van der Waals surface area (Å²) >= 11 is 1.85. The van der Waals surface area contributed by atoms with Crippen molar-refractivity contribution in [3.63, 3.8) is 0 Å². The SMILES string of the molecule is c1ccc(-c2nc(-c3ccc4ccccc4c3)nc(-c3ccc4c(c3)c(-c3ccc(N(c5ccccc5)c5ccccc5)cc3)cc3c5ccccc5sc43)n2)cc1.